The second kappa shape index (κ2) is 6.26. The van der Waals surface area contributed by atoms with Gasteiger partial charge in [-0.3, -0.25) is 9.78 Å². The van der Waals surface area contributed by atoms with Crippen molar-refractivity contribution in [2.75, 3.05) is 5.32 Å². The quantitative estimate of drug-likeness (QED) is 0.776. The Morgan fingerprint density at radius 3 is 2.57 bits per heavy atom. The first-order valence-electron chi connectivity index (χ1n) is 7.23. The van der Waals surface area contributed by atoms with Crippen molar-refractivity contribution < 1.29 is 4.79 Å². The Balaban J connectivity index is 1.95. The molecule has 2 heterocycles. The zero-order valence-corrected chi connectivity index (χ0v) is 13.6. The van der Waals surface area contributed by atoms with Crippen molar-refractivity contribution in [2.45, 2.75) is 13.8 Å². The molecule has 1 N–H and O–H groups in total. The highest BCUT2D eigenvalue weighted by molar-refractivity contribution is 6.31. The van der Waals surface area contributed by atoms with Gasteiger partial charge >= 0.3 is 0 Å². The first-order valence-corrected chi connectivity index (χ1v) is 7.61. The Morgan fingerprint density at radius 2 is 1.87 bits per heavy atom. The highest BCUT2D eigenvalue weighted by atomic mass is 35.5. The van der Waals surface area contributed by atoms with Gasteiger partial charge in [-0.25, -0.2) is 0 Å². The van der Waals surface area contributed by atoms with Crippen molar-refractivity contribution in [3.63, 3.8) is 0 Å². The number of hydrogen-bond acceptors (Lipinski definition) is 2. The molecule has 1 aromatic carbocycles. The SMILES string of the molecule is Cc1ccc(C(=O)Nc2ccc(Cl)cc2-n2cccc2)c(C)n1. The van der Waals surface area contributed by atoms with Crippen LogP contribution in [0.1, 0.15) is 21.7 Å². The van der Waals surface area contributed by atoms with Gasteiger partial charge in [-0.05, 0) is 56.3 Å². The number of carbonyl (C=O) groups excluding carboxylic acids is 1. The summed E-state index contributed by atoms with van der Waals surface area (Å²) in [4.78, 5) is 16.9. The van der Waals surface area contributed by atoms with Gasteiger partial charge in [0.2, 0.25) is 0 Å². The summed E-state index contributed by atoms with van der Waals surface area (Å²) in [5.74, 6) is -0.189. The topological polar surface area (TPSA) is 46.9 Å². The van der Waals surface area contributed by atoms with E-state index >= 15 is 0 Å². The van der Waals surface area contributed by atoms with Gasteiger partial charge in [0.15, 0.2) is 0 Å². The summed E-state index contributed by atoms with van der Waals surface area (Å²) in [5, 5.41) is 3.56. The molecule has 0 radical (unpaired) electrons. The molecular formula is C18H16ClN3O. The fourth-order valence-corrected chi connectivity index (χ4v) is 2.60. The first-order chi connectivity index (χ1) is 11.0. The van der Waals surface area contributed by atoms with E-state index in [1.54, 1.807) is 18.2 Å². The molecule has 0 spiro atoms. The zero-order chi connectivity index (χ0) is 16.4. The van der Waals surface area contributed by atoms with Crippen LogP contribution in [0.2, 0.25) is 5.02 Å². The highest BCUT2D eigenvalue weighted by Crippen LogP contribution is 2.25. The molecule has 3 rings (SSSR count). The molecule has 0 aliphatic rings. The van der Waals surface area contributed by atoms with Crippen LogP contribution < -0.4 is 5.32 Å². The number of nitrogens with one attached hydrogen (secondary N) is 1. The largest absolute Gasteiger partial charge is 0.322 e. The van der Waals surface area contributed by atoms with Crippen molar-refractivity contribution in [2.24, 2.45) is 0 Å². The molecule has 0 unspecified atom stereocenters. The van der Waals surface area contributed by atoms with Crippen molar-refractivity contribution in [3.05, 3.63) is 76.8 Å². The normalized spacial score (nSPS) is 10.6. The summed E-state index contributed by atoms with van der Waals surface area (Å²) >= 11 is 6.09. The van der Waals surface area contributed by atoms with Crippen molar-refractivity contribution >= 4 is 23.2 Å². The number of hydrogen-bond donors (Lipinski definition) is 1. The molecule has 0 saturated carbocycles. The van der Waals surface area contributed by atoms with Crippen LogP contribution in [0.4, 0.5) is 5.69 Å². The molecule has 2 aromatic heterocycles. The Bertz CT molecular complexity index is 857. The molecular weight excluding hydrogens is 310 g/mol. The molecule has 116 valence electrons. The molecule has 0 aliphatic carbocycles. The number of anilines is 1. The van der Waals surface area contributed by atoms with E-state index in [-0.39, 0.29) is 5.91 Å². The summed E-state index contributed by atoms with van der Waals surface area (Å²) in [7, 11) is 0. The molecule has 0 bridgehead atoms. The van der Waals surface area contributed by atoms with Crippen molar-refractivity contribution in [3.8, 4) is 5.69 Å². The van der Waals surface area contributed by atoms with Crippen LogP contribution in [0.25, 0.3) is 5.69 Å². The Labute approximate surface area is 139 Å². The summed E-state index contributed by atoms with van der Waals surface area (Å²) in [6.45, 7) is 3.73. The van der Waals surface area contributed by atoms with E-state index in [0.717, 1.165) is 11.4 Å². The number of rotatable bonds is 3. The van der Waals surface area contributed by atoms with Crippen LogP contribution >= 0.6 is 11.6 Å². The van der Waals surface area contributed by atoms with Crippen LogP contribution in [0, 0.1) is 13.8 Å². The van der Waals surface area contributed by atoms with Gasteiger partial charge < -0.3 is 9.88 Å². The van der Waals surface area contributed by atoms with Gasteiger partial charge in [0, 0.05) is 23.1 Å². The number of amides is 1. The molecule has 0 fully saturated rings. The third-order valence-electron chi connectivity index (χ3n) is 3.56. The third kappa shape index (κ3) is 3.27. The fourth-order valence-electron chi connectivity index (χ4n) is 2.44. The number of nitrogens with zero attached hydrogens (tertiary/aromatic N) is 2. The lowest BCUT2D eigenvalue weighted by atomic mass is 10.1. The predicted molar refractivity (Wildman–Crippen MR) is 92.4 cm³/mol. The van der Waals surface area contributed by atoms with Crippen molar-refractivity contribution in [1.29, 1.82) is 0 Å². The predicted octanol–water partition coefficient (Wildman–Crippen LogP) is 4.39. The summed E-state index contributed by atoms with van der Waals surface area (Å²) in [5.41, 5.74) is 3.66. The monoisotopic (exact) mass is 325 g/mol. The molecule has 23 heavy (non-hydrogen) atoms. The Hall–Kier alpha value is -2.59. The van der Waals surface area contributed by atoms with Crippen LogP contribution in [0.3, 0.4) is 0 Å². The van der Waals surface area contributed by atoms with Crippen molar-refractivity contribution in [1.82, 2.24) is 9.55 Å². The minimum atomic E-state index is -0.189. The summed E-state index contributed by atoms with van der Waals surface area (Å²) in [6, 6.07) is 12.8. The molecule has 4 nitrogen and oxygen atoms in total. The van der Waals surface area contributed by atoms with Gasteiger partial charge in [-0.1, -0.05) is 11.6 Å². The molecule has 0 aliphatic heterocycles. The van der Waals surface area contributed by atoms with Crippen LogP contribution in [0.15, 0.2) is 54.9 Å². The van der Waals surface area contributed by atoms with E-state index in [9.17, 15) is 4.79 Å². The lowest BCUT2D eigenvalue weighted by molar-refractivity contribution is 0.102. The number of benzene rings is 1. The molecule has 0 saturated heterocycles. The molecule has 0 atom stereocenters. The lowest BCUT2D eigenvalue weighted by Gasteiger charge is -2.13. The zero-order valence-electron chi connectivity index (χ0n) is 12.9. The summed E-state index contributed by atoms with van der Waals surface area (Å²) < 4.78 is 1.90. The van der Waals surface area contributed by atoms with Gasteiger partial charge in [0.1, 0.15) is 0 Å². The number of aryl methyl sites for hydroxylation is 2. The number of carbonyl (C=O) groups is 1. The minimum absolute atomic E-state index is 0.189. The maximum absolute atomic E-state index is 12.6. The number of halogens is 1. The van der Waals surface area contributed by atoms with Crippen LogP contribution in [0.5, 0.6) is 0 Å². The lowest BCUT2D eigenvalue weighted by Crippen LogP contribution is -2.15. The third-order valence-corrected chi connectivity index (χ3v) is 3.80. The molecule has 1 amide bonds. The van der Waals surface area contributed by atoms with E-state index < -0.39 is 0 Å². The number of pyridine rings is 1. The van der Waals surface area contributed by atoms with Gasteiger partial charge in [-0.15, -0.1) is 0 Å². The minimum Gasteiger partial charge on any atom is -0.322 e. The van der Waals surface area contributed by atoms with Gasteiger partial charge in [0.05, 0.1) is 22.6 Å². The Morgan fingerprint density at radius 1 is 1.13 bits per heavy atom. The van der Waals surface area contributed by atoms with E-state index in [2.05, 4.69) is 10.3 Å². The van der Waals surface area contributed by atoms with Gasteiger partial charge in [-0.2, -0.15) is 0 Å². The second-order valence-corrected chi connectivity index (χ2v) is 5.73. The average molecular weight is 326 g/mol. The van der Waals surface area contributed by atoms with Gasteiger partial charge in [0.25, 0.3) is 5.91 Å². The van der Waals surface area contributed by atoms with E-state index in [1.807, 2.05) is 55.1 Å². The summed E-state index contributed by atoms with van der Waals surface area (Å²) in [6.07, 6.45) is 3.81. The fraction of sp³-hybridized carbons (Fsp3) is 0.111. The standard InChI is InChI=1S/C18H16ClN3O/c1-12-5-7-15(13(2)20-12)18(23)21-16-8-6-14(19)11-17(16)22-9-3-4-10-22/h3-11H,1-2H3,(H,21,23). The molecule has 3 aromatic rings. The average Bonchev–Trinajstić information content (AvgIpc) is 3.03. The second-order valence-electron chi connectivity index (χ2n) is 5.29. The van der Waals surface area contributed by atoms with Crippen LogP contribution in [-0.4, -0.2) is 15.5 Å². The maximum atomic E-state index is 12.6. The maximum Gasteiger partial charge on any atom is 0.257 e. The van der Waals surface area contributed by atoms with E-state index in [0.29, 0.717) is 22.0 Å². The number of aromatic nitrogens is 2. The van der Waals surface area contributed by atoms with E-state index in [1.165, 1.54) is 0 Å². The molecule has 5 heteroatoms. The van der Waals surface area contributed by atoms with E-state index in [4.69, 9.17) is 11.6 Å². The smallest absolute Gasteiger partial charge is 0.257 e. The Kier molecular flexibility index (Phi) is 4.17. The van der Waals surface area contributed by atoms with Crippen LogP contribution in [-0.2, 0) is 0 Å². The highest BCUT2D eigenvalue weighted by Gasteiger charge is 2.13. The first kappa shape index (κ1) is 15.3.